The molecule has 27 heavy (non-hydrogen) atoms. The van der Waals surface area contributed by atoms with Gasteiger partial charge >= 0.3 is 0 Å². The van der Waals surface area contributed by atoms with Crippen LogP contribution in [-0.2, 0) is 4.79 Å². The molecule has 0 aromatic heterocycles. The molecule has 3 rings (SSSR count). The van der Waals surface area contributed by atoms with Gasteiger partial charge in [-0.3, -0.25) is 9.59 Å². The molecule has 0 spiro atoms. The molecule has 0 radical (unpaired) electrons. The largest absolute Gasteiger partial charge is 0.483 e. The van der Waals surface area contributed by atoms with Crippen LogP contribution in [0.2, 0.25) is 0 Å². The number of carbonyl (C=O) groups is 2. The summed E-state index contributed by atoms with van der Waals surface area (Å²) in [4.78, 5) is 23.9. The van der Waals surface area contributed by atoms with Gasteiger partial charge < -0.3 is 15.4 Å². The van der Waals surface area contributed by atoms with Gasteiger partial charge in [0.05, 0.1) is 0 Å². The number of ether oxygens (including phenoxy) is 1. The van der Waals surface area contributed by atoms with Crippen molar-refractivity contribution in [1.82, 2.24) is 5.32 Å². The molecule has 3 aromatic carbocycles. The van der Waals surface area contributed by atoms with Crippen molar-refractivity contribution in [2.75, 3.05) is 19.0 Å². The number of benzene rings is 3. The summed E-state index contributed by atoms with van der Waals surface area (Å²) in [5.41, 5.74) is 2.96. The zero-order valence-corrected chi connectivity index (χ0v) is 14.9. The highest BCUT2D eigenvalue weighted by Crippen LogP contribution is 2.29. The van der Waals surface area contributed by atoms with Gasteiger partial charge in [-0.25, -0.2) is 0 Å². The first-order valence-corrected chi connectivity index (χ1v) is 8.56. The number of rotatable bonds is 6. The van der Waals surface area contributed by atoms with Crippen molar-refractivity contribution < 1.29 is 14.3 Å². The van der Waals surface area contributed by atoms with E-state index in [2.05, 4.69) is 10.6 Å². The second-order valence-corrected chi connectivity index (χ2v) is 5.86. The van der Waals surface area contributed by atoms with Crippen molar-refractivity contribution in [3.8, 4) is 16.9 Å². The lowest BCUT2D eigenvalue weighted by atomic mass is 10.1. The van der Waals surface area contributed by atoms with Crippen molar-refractivity contribution in [1.29, 1.82) is 0 Å². The van der Waals surface area contributed by atoms with Gasteiger partial charge in [-0.2, -0.15) is 0 Å². The molecule has 0 bridgehead atoms. The molecular weight excluding hydrogens is 340 g/mol. The van der Waals surface area contributed by atoms with Gasteiger partial charge in [0.1, 0.15) is 5.75 Å². The number of hydrogen-bond donors (Lipinski definition) is 2. The standard InChI is InChI=1S/C22H20N2O3/c1-23-22(26)17-10-7-11-18(14-17)24-21(25)15-27-20-13-6-5-12-19(20)16-8-3-2-4-9-16/h2-14H,15H2,1H3,(H,23,26)(H,24,25). The fourth-order valence-corrected chi connectivity index (χ4v) is 2.67. The lowest BCUT2D eigenvalue weighted by molar-refractivity contribution is -0.118. The Kier molecular flexibility index (Phi) is 5.84. The molecule has 0 saturated heterocycles. The van der Waals surface area contributed by atoms with Crippen LogP contribution < -0.4 is 15.4 Å². The summed E-state index contributed by atoms with van der Waals surface area (Å²) in [6, 6.07) is 24.2. The summed E-state index contributed by atoms with van der Waals surface area (Å²) in [7, 11) is 1.56. The minimum Gasteiger partial charge on any atom is -0.483 e. The maximum atomic E-state index is 12.2. The summed E-state index contributed by atoms with van der Waals surface area (Å²) >= 11 is 0. The molecule has 2 amide bonds. The molecule has 0 aliphatic heterocycles. The second kappa shape index (κ2) is 8.67. The van der Waals surface area contributed by atoms with Crippen LogP contribution in [0.1, 0.15) is 10.4 Å². The van der Waals surface area contributed by atoms with Crippen LogP contribution in [0.3, 0.4) is 0 Å². The summed E-state index contributed by atoms with van der Waals surface area (Å²) in [6.45, 7) is -0.131. The summed E-state index contributed by atoms with van der Waals surface area (Å²) < 4.78 is 5.73. The van der Waals surface area contributed by atoms with E-state index in [1.165, 1.54) is 0 Å². The van der Waals surface area contributed by atoms with Crippen LogP contribution in [0.4, 0.5) is 5.69 Å². The quantitative estimate of drug-likeness (QED) is 0.704. The smallest absolute Gasteiger partial charge is 0.262 e. The Morgan fingerprint density at radius 3 is 2.41 bits per heavy atom. The van der Waals surface area contributed by atoms with Crippen LogP contribution in [0.5, 0.6) is 5.75 Å². The average molecular weight is 360 g/mol. The summed E-state index contributed by atoms with van der Waals surface area (Å²) in [5.74, 6) is 0.129. The number of nitrogens with one attached hydrogen (secondary N) is 2. The van der Waals surface area contributed by atoms with Crippen LogP contribution in [-0.4, -0.2) is 25.5 Å². The number of para-hydroxylation sites is 1. The lowest BCUT2D eigenvalue weighted by Gasteiger charge is -2.12. The van der Waals surface area contributed by atoms with E-state index in [9.17, 15) is 9.59 Å². The predicted molar refractivity (Wildman–Crippen MR) is 106 cm³/mol. The van der Waals surface area contributed by atoms with Crippen molar-refractivity contribution in [2.45, 2.75) is 0 Å². The molecule has 2 N–H and O–H groups in total. The Morgan fingerprint density at radius 1 is 0.889 bits per heavy atom. The Balaban J connectivity index is 1.66. The molecular formula is C22H20N2O3. The summed E-state index contributed by atoms with van der Waals surface area (Å²) in [6.07, 6.45) is 0. The molecule has 0 heterocycles. The van der Waals surface area contributed by atoms with E-state index in [0.717, 1.165) is 11.1 Å². The van der Waals surface area contributed by atoms with Crippen LogP contribution in [0.15, 0.2) is 78.9 Å². The topological polar surface area (TPSA) is 67.4 Å². The van der Waals surface area contributed by atoms with E-state index in [1.54, 1.807) is 31.3 Å². The molecule has 0 saturated carbocycles. The van der Waals surface area contributed by atoms with Crippen molar-refractivity contribution in [2.24, 2.45) is 0 Å². The van der Waals surface area contributed by atoms with Gasteiger partial charge in [-0.15, -0.1) is 0 Å². The first-order chi connectivity index (χ1) is 13.2. The third-order valence-corrected chi connectivity index (χ3v) is 3.97. The predicted octanol–water partition coefficient (Wildman–Crippen LogP) is 3.73. The maximum absolute atomic E-state index is 12.2. The minimum absolute atomic E-state index is 0.131. The number of anilines is 1. The van der Waals surface area contributed by atoms with Gasteiger partial charge in [0.2, 0.25) is 0 Å². The molecule has 3 aromatic rings. The molecule has 136 valence electrons. The lowest BCUT2D eigenvalue weighted by Crippen LogP contribution is -2.21. The third-order valence-electron chi connectivity index (χ3n) is 3.97. The Bertz CT molecular complexity index is 939. The van der Waals surface area contributed by atoms with Gasteiger partial charge in [-0.05, 0) is 29.8 Å². The van der Waals surface area contributed by atoms with Gasteiger partial charge in [0, 0.05) is 23.9 Å². The second-order valence-electron chi connectivity index (χ2n) is 5.86. The highest BCUT2D eigenvalue weighted by molar-refractivity contribution is 5.97. The number of carbonyl (C=O) groups excluding carboxylic acids is 2. The molecule has 0 unspecified atom stereocenters. The van der Waals surface area contributed by atoms with E-state index in [1.807, 2.05) is 54.6 Å². The normalized spacial score (nSPS) is 10.1. The van der Waals surface area contributed by atoms with E-state index in [4.69, 9.17) is 4.74 Å². The van der Waals surface area contributed by atoms with Gasteiger partial charge in [0.15, 0.2) is 6.61 Å². The minimum atomic E-state index is -0.299. The molecule has 0 fully saturated rings. The molecule has 5 heteroatoms. The fourth-order valence-electron chi connectivity index (χ4n) is 2.67. The van der Waals surface area contributed by atoms with Crippen LogP contribution in [0.25, 0.3) is 11.1 Å². The van der Waals surface area contributed by atoms with Crippen LogP contribution in [0, 0.1) is 0 Å². The van der Waals surface area contributed by atoms with Crippen molar-refractivity contribution >= 4 is 17.5 Å². The SMILES string of the molecule is CNC(=O)c1cccc(NC(=O)COc2ccccc2-c2ccccc2)c1. The van der Waals surface area contributed by atoms with E-state index in [0.29, 0.717) is 17.0 Å². The fraction of sp³-hybridized carbons (Fsp3) is 0.0909. The number of amides is 2. The molecule has 0 aliphatic carbocycles. The average Bonchev–Trinajstić information content (AvgIpc) is 2.72. The van der Waals surface area contributed by atoms with E-state index >= 15 is 0 Å². The van der Waals surface area contributed by atoms with Gasteiger partial charge in [0.25, 0.3) is 11.8 Å². The molecule has 5 nitrogen and oxygen atoms in total. The van der Waals surface area contributed by atoms with Crippen molar-refractivity contribution in [3.05, 3.63) is 84.4 Å². The monoisotopic (exact) mass is 360 g/mol. The van der Waals surface area contributed by atoms with E-state index < -0.39 is 0 Å². The zero-order chi connectivity index (χ0) is 19.1. The molecule has 0 atom stereocenters. The highest BCUT2D eigenvalue weighted by atomic mass is 16.5. The van der Waals surface area contributed by atoms with Crippen molar-refractivity contribution in [3.63, 3.8) is 0 Å². The maximum Gasteiger partial charge on any atom is 0.262 e. The first kappa shape index (κ1) is 18.2. The molecule has 0 aliphatic rings. The summed E-state index contributed by atoms with van der Waals surface area (Å²) in [5, 5.41) is 5.30. The number of hydrogen-bond acceptors (Lipinski definition) is 3. The zero-order valence-electron chi connectivity index (χ0n) is 14.9. The van der Waals surface area contributed by atoms with Crippen LogP contribution >= 0.6 is 0 Å². The first-order valence-electron chi connectivity index (χ1n) is 8.56. The Hall–Kier alpha value is -3.60. The van der Waals surface area contributed by atoms with E-state index in [-0.39, 0.29) is 18.4 Å². The third kappa shape index (κ3) is 4.73. The van der Waals surface area contributed by atoms with Gasteiger partial charge in [-0.1, -0.05) is 54.6 Å². The Labute approximate surface area is 158 Å². The Morgan fingerprint density at radius 2 is 1.63 bits per heavy atom. The highest BCUT2D eigenvalue weighted by Gasteiger charge is 2.10.